The van der Waals surface area contributed by atoms with Crippen LogP contribution < -0.4 is 5.32 Å². The van der Waals surface area contributed by atoms with Crippen molar-refractivity contribution in [3.63, 3.8) is 0 Å². The topological polar surface area (TPSA) is 95.9 Å². The summed E-state index contributed by atoms with van der Waals surface area (Å²) in [6, 6.07) is -0.625. The highest BCUT2D eigenvalue weighted by Gasteiger charge is 2.18. The average molecular weight is 1070 g/mol. The van der Waals surface area contributed by atoms with E-state index in [2.05, 4.69) is 43.5 Å². The minimum absolute atomic E-state index is 0.0142. The van der Waals surface area contributed by atoms with Gasteiger partial charge in [-0.3, -0.25) is 9.59 Å². The second-order valence-corrected chi connectivity index (χ2v) is 23.5. The highest BCUT2D eigenvalue weighted by atomic mass is 16.5. The lowest BCUT2D eigenvalue weighted by Crippen LogP contribution is -2.45. The minimum atomic E-state index is -0.842. The molecule has 2 atom stereocenters. The maximum Gasteiger partial charge on any atom is 0.305 e. The van der Waals surface area contributed by atoms with Gasteiger partial charge in [0, 0.05) is 12.8 Å². The molecule has 0 rings (SSSR count). The fourth-order valence-corrected chi connectivity index (χ4v) is 10.7. The molecule has 0 aliphatic carbocycles. The molecule has 0 aromatic heterocycles. The van der Waals surface area contributed by atoms with Gasteiger partial charge in [-0.05, 0) is 64.2 Å². The molecule has 1 amide bonds. The standard InChI is InChI=1S/C70H133NO5/c1-3-5-7-9-11-13-15-17-18-19-29-33-36-40-44-48-52-56-60-64-70(75)76-65-61-57-53-49-45-41-37-34-31-28-26-24-22-20-21-23-25-27-30-32-35-39-43-47-51-55-59-63-69(74)71-67(66-72)68(73)62-58-54-50-46-42-38-16-14-12-10-8-6-4-2/h11,13,17-18,58,62,67-68,72-73H,3-10,12,14-16,19-57,59-61,63-66H2,1-2H3,(H,71,74)/b13-11-,18-17-,62-58+. The molecule has 0 aliphatic rings. The Morgan fingerprint density at radius 1 is 0.368 bits per heavy atom. The summed E-state index contributed by atoms with van der Waals surface area (Å²) in [6.45, 7) is 4.90. The van der Waals surface area contributed by atoms with Crippen molar-refractivity contribution in [2.45, 2.75) is 386 Å². The van der Waals surface area contributed by atoms with Crippen molar-refractivity contribution in [1.82, 2.24) is 5.32 Å². The van der Waals surface area contributed by atoms with Gasteiger partial charge in [0.1, 0.15) is 0 Å². The molecule has 0 aliphatic heterocycles. The Morgan fingerprint density at radius 3 is 1.03 bits per heavy atom. The number of esters is 1. The summed E-state index contributed by atoms with van der Waals surface area (Å²) in [4.78, 5) is 24.6. The van der Waals surface area contributed by atoms with E-state index in [1.807, 2.05) is 6.08 Å². The third-order valence-electron chi connectivity index (χ3n) is 15.9. The van der Waals surface area contributed by atoms with E-state index in [9.17, 15) is 19.8 Å². The van der Waals surface area contributed by atoms with Crippen molar-refractivity contribution in [3.8, 4) is 0 Å². The quantitative estimate of drug-likeness (QED) is 0.0320. The molecule has 0 aromatic rings. The number of carbonyl (C=O) groups is 2. The third kappa shape index (κ3) is 61.3. The molecule has 6 heteroatoms. The van der Waals surface area contributed by atoms with Crippen LogP contribution in [0.3, 0.4) is 0 Å². The molecule has 2 unspecified atom stereocenters. The number of aliphatic hydroxyl groups excluding tert-OH is 2. The van der Waals surface area contributed by atoms with Crippen molar-refractivity contribution >= 4 is 11.9 Å². The molecule has 0 bridgehead atoms. The lowest BCUT2D eigenvalue weighted by atomic mass is 10.0. The first-order valence-corrected chi connectivity index (χ1v) is 34.3. The molecular formula is C70H133NO5. The molecular weight excluding hydrogens is 935 g/mol. The van der Waals surface area contributed by atoms with E-state index >= 15 is 0 Å². The van der Waals surface area contributed by atoms with Crippen LogP contribution in [0, 0.1) is 0 Å². The Kier molecular flexibility index (Phi) is 63.9. The first-order valence-electron chi connectivity index (χ1n) is 34.3. The summed E-state index contributed by atoms with van der Waals surface area (Å²) in [6.07, 6.45) is 83.6. The largest absolute Gasteiger partial charge is 0.466 e. The van der Waals surface area contributed by atoms with Crippen molar-refractivity contribution < 1.29 is 24.5 Å². The Labute approximate surface area is 474 Å². The van der Waals surface area contributed by atoms with Crippen molar-refractivity contribution in [2.24, 2.45) is 0 Å². The average Bonchev–Trinajstić information content (AvgIpc) is 3.42. The summed E-state index contributed by atoms with van der Waals surface area (Å²) < 4.78 is 5.51. The summed E-state index contributed by atoms with van der Waals surface area (Å²) in [7, 11) is 0. The number of ether oxygens (including phenoxy) is 1. The second kappa shape index (κ2) is 65.6. The van der Waals surface area contributed by atoms with Gasteiger partial charge >= 0.3 is 5.97 Å². The van der Waals surface area contributed by atoms with Crippen molar-refractivity contribution in [2.75, 3.05) is 13.2 Å². The summed E-state index contributed by atoms with van der Waals surface area (Å²) in [5.41, 5.74) is 0. The Balaban J connectivity index is 3.34. The van der Waals surface area contributed by atoms with Gasteiger partial charge in [-0.15, -0.1) is 0 Å². The van der Waals surface area contributed by atoms with Gasteiger partial charge in [-0.1, -0.05) is 333 Å². The number of nitrogens with one attached hydrogen (secondary N) is 1. The number of aliphatic hydroxyl groups is 2. The van der Waals surface area contributed by atoms with E-state index in [1.165, 1.54) is 295 Å². The van der Waals surface area contributed by atoms with Gasteiger partial charge in [-0.2, -0.15) is 0 Å². The maximum atomic E-state index is 12.5. The zero-order chi connectivity index (χ0) is 55.0. The number of hydrogen-bond acceptors (Lipinski definition) is 5. The van der Waals surface area contributed by atoms with Crippen LogP contribution in [0.1, 0.15) is 373 Å². The molecule has 0 aromatic carbocycles. The highest BCUT2D eigenvalue weighted by Crippen LogP contribution is 2.18. The van der Waals surface area contributed by atoms with Gasteiger partial charge in [0.2, 0.25) is 5.91 Å². The predicted molar refractivity (Wildman–Crippen MR) is 333 cm³/mol. The smallest absolute Gasteiger partial charge is 0.305 e. The number of rotatable bonds is 64. The first kappa shape index (κ1) is 74.1. The molecule has 6 nitrogen and oxygen atoms in total. The Hall–Kier alpha value is -1.92. The van der Waals surface area contributed by atoms with E-state index in [4.69, 9.17) is 4.74 Å². The van der Waals surface area contributed by atoms with Gasteiger partial charge in [0.05, 0.1) is 25.4 Å². The molecule has 0 saturated carbocycles. The molecule has 0 fully saturated rings. The van der Waals surface area contributed by atoms with Gasteiger partial charge in [0.15, 0.2) is 0 Å². The SMILES string of the molecule is CCCCC/C=C\C/C=C\CCCCCCCCCCCC(=O)OCCCCCCCCCCCCCCCCCCCCCCCCCCCCCC(=O)NC(CO)C(O)/C=C/CCCCCCCCCCCCC. The molecule has 0 spiro atoms. The predicted octanol–water partition coefficient (Wildman–Crippen LogP) is 21.9. The molecule has 0 saturated heterocycles. The fourth-order valence-electron chi connectivity index (χ4n) is 10.7. The van der Waals surface area contributed by atoms with E-state index in [0.29, 0.717) is 19.4 Å². The van der Waals surface area contributed by atoms with Gasteiger partial charge in [0.25, 0.3) is 0 Å². The number of unbranched alkanes of at least 4 members (excludes halogenated alkanes) is 49. The normalized spacial score (nSPS) is 12.7. The van der Waals surface area contributed by atoms with E-state index in [1.54, 1.807) is 6.08 Å². The highest BCUT2D eigenvalue weighted by molar-refractivity contribution is 5.76. The zero-order valence-corrected chi connectivity index (χ0v) is 51.3. The van der Waals surface area contributed by atoms with Crippen LogP contribution in [0.5, 0.6) is 0 Å². The van der Waals surface area contributed by atoms with E-state index in [-0.39, 0.29) is 18.5 Å². The Morgan fingerprint density at radius 2 is 0.658 bits per heavy atom. The molecule has 3 N–H and O–H groups in total. The molecule has 76 heavy (non-hydrogen) atoms. The third-order valence-corrected chi connectivity index (χ3v) is 15.9. The number of hydrogen-bond donors (Lipinski definition) is 3. The minimum Gasteiger partial charge on any atom is -0.466 e. The van der Waals surface area contributed by atoms with E-state index in [0.717, 1.165) is 51.4 Å². The van der Waals surface area contributed by atoms with Crippen LogP contribution in [-0.4, -0.2) is 47.4 Å². The second-order valence-electron chi connectivity index (χ2n) is 23.5. The molecule has 0 heterocycles. The first-order chi connectivity index (χ1) is 37.5. The van der Waals surface area contributed by atoms with Crippen molar-refractivity contribution in [1.29, 1.82) is 0 Å². The molecule has 448 valence electrons. The van der Waals surface area contributed by atoms with Crippen LogP contribution >= 0.6 is 0 Å². The van der Waals surface area contributed by atoms with Crippen LogP contribution in [0.4, 0.5) is 0 Å². The summed E-state index contributed by atoms with van der Waals surface area (Å²) in [5.74, 6) is -0.0500. The van der Waals surface area contributed by atoms with Crippen LogP contribution in [0.25, 0.3) is 0 Å². The summed E-state index contributed by atoms with van der Waals surface area (Å²) >= 11 is 0. The number of allylic oxidation sites excluding steroid dienone is 5. The van der Waals surface area contributed by atoms with E-state index < -0.39 is 12.1 Å². The number of amides is 1. The lowest BCUT2D eigenvalue weighted by molar-refractivity contribution is -0.143. The zero-order valence-electron chi connectivity index (χ0n) is 51.3. The van der Waals surface area contributed by atoms with Crippen molar-refractivity contribution in [3.05, 3.63) is 36.5 Å². The van der Waals surface area contributed by atoms with Crippen LogP contribution in [0.15, 0.2) is 36.5 Å². The monoisotopic (exact) mass is 1070 g/mol. The lowest BCUT2D eigenvalue weighted by Gasteiger charge is -2.20. The summed E-state index contributed by atoms with van der Waals surface area (Å²) in [5, 5.41) is 23.1. The van der Waals surface area contributed by atoms with Gasteiger partial charge < -0.3 is 20.3 Å². The van der Waals surface area contributed by atoms with Gasteiger partial charge in [-0.25, -0.2) is 0 Å². The molecule has 0 radical (unpaired) electrons. The maximum absolute atomic E-state index is 12.5. The Bertz CT molecular complexity index is 1230. The fraction of sp³-hybridized carbons (Fsp3) is 0.886. The van der Waals surface area contributed by atoms with Crippen LogP contribution in [-0.2, 0) is 14.3 Å². The van der Waals surface area contributed by atoms with Crippen LogP contribution in [0.2, 0.25) is 0 Å². The number of carbonyl (C=O) groups excluding carboxylic acids is 2.